The first kappa shape index (κ1) is 13.3. The summed E-state index contributed by atoms with van der Waals surface area (Å²) in [4.78, 5) is 10.3. The highest BCUT2D eigenvalue weighted by Gasteiger charge is 2.27. The van der Waals surface area contributed by atoms with Crippen molar-refractivity contribution in [2.75, 3.05) is 5.73 Å². The van der Waals surface area contributed by atoms with Gasteiger partial charge < -0.3 is 21.1 Å². The molecule has 0 aliphatic heterocycles. The minimum atomic E-state index is -1.90. The highest BCUT2D eigenvalue weighted by Crippen LogP contribution is 2.28. The predicted molar refractivity (Wildman–Crippen MR) is 54.0 cm³/mol. The van der Waals surface area contributed by atoms with Crippen LogP contribution in [-0.2, 0) is 4.79 Å². The number of hydrogen-bond acceptors (Lipinski definition) is 4. The summed E-state index contributed by atoms with van der Waals surface area (Å²) in [6.07, 6.45) is -4.48. The van der Waals surface area contributed by atoms with Crippen molar-refractivity contribution < 1.29 is 28.9 Å². The Morgan fingerprint density at radius 2 is 1.94 bits per heavy atom. The second kappa shape index (κ2) is 5.07. The van der Waals surface area contributed by atoms with Crippen LogP contribution in [-0.4, -0.2) is 27.4 Å². The molecule has 0 fully saturated rings. The van der Waals surface area contributed by atoms with Crippen molar-refractivity contribution in [2.24, 2.45) is 0 Å². The highest BCUT2D eigenvalue weighted by atomic mass is 19.2. The molecule has 2 atom stereocenters. The molecule has 0 aromatic heterocycles. The number of aliphatic carboxylic acids is 1. The zero-order valence-corrected chi connectivity index (χ0v) is 8.60. The lowest BCUT2D eigenvalue weighted by atomic mass is 9.99. The van der Waals surface area contributed by atoms with E-state index in [-0.39, 0.29) is 5.69 Å². The first-order chi connectivity index (χ1) is 7.84. The van der Waals surface area contributed by atoms with E-state index in [1.165, 1.54) is 0 Å². The van der Waals surface area contributed by atoms with Crippen molar-refractivity contribution >= 4 is 11.7 Å². The smallest absolute Gasteiger partial charge is 0.306 e. The van der Waals surface area contributed by atoms with E-state index in [2.05, 4.69) is 0 Å². The maximum Gasteiger partial charge on any atom is 0.306 e. The number of nitrogen functional groups attached to an aromatic ring is 1. The molecule has 0 spiro atoms. The van der Waals surface area contributed by atoms with Crippen LogP contribution >= 0.6 is 0 Å². The Morgan fingerprint density at radius 3 is 2.47 bits per heavy atom. The van der Waals surface area contributed by atoms with Gasteiger partial charge in [0, 0.05) is 11.3 Å². The Hall–Kier alpha value is -1.73. The topological polar surface area (TPSA) is 104 Å². The van der Waals surface area contributed by atoms with Crippen molar-refractivity contribution in [3.05, 3.63) is 29.3 Å². The van der Waals surface area contributed by atoms with Gasteiger partial charge in [0.25, 0.3) is 0 Å². The van der Waals surface area contributed by atoms with E-state index in [1.807, 2.05) is 0 Å². The number of benzene rings is 1. The van der Waals surface area contributed by atoms with Gasteiger partial charge in [-0.2, -0.15) is 0 Å². The summed E-state index contributed by atoms with van der Waals surface area (Å²) in [5.41, 5.74) is 4.43. The molecule has 0 saturated heterocycles. The average molecular weight is 247 g/mol. The van der Waals surface area contributed by atoms with Crippen LogP contribution in [0.2, 0.25) is 0 Å². The summed E-state index contributed by atoms with van der Waals surface area (Å²) < 4.78 is 26.2. The molecule has 5 nitrogen and oxygen atoms in total. The Labute approximate surface area is 95.1 Å². The zero-order valence-electron chi connectivity index (χ0n) is 8.60. The van der Waals surface area contributed by atoms with E-state index in [4.69, 9.17) is 10.8 Å². The summed E-state index contributed by atoms with van der Waals surface area (Å²) in [6, 6.07) is 1.79. The van der Waals surface area contributed by atoms with E-state index < -0.39 is 41.8 Å². The number of carboxylic acids is 1. The molecule has 0 aliphatic carbocycles. The van der Waals surface area contributed by atoms with Gasteiger partial charge in [-0.15, -0.1) is 0 Å². The molecule has 0 amide bonds. The van der Waals surface area contributed by atoms with Gasteiger partial charge in [-0.05, 0) is 12.1 Å². The lowest BCUT2D eigenvalue weighted by molar-refractivity contribution is -0.141. The van der Waals surface area contributed by atoms with Gasteiger partial charge in [-0.3, -0.25) is 4.79 Å². The molecular weight excluding hydrogens is 236 g/mol. The molecule has 0 radical (unpaired) electrons. The number of nitrogens with two attached hydrogens (primary N) is 1. The second-order valence-corrected chi connectivity index (χ2v) is 3.47. The van der Waals surface area contributed by atoms with Crippen LogP contribution in [0.1, 0.15) is 18.1 Å². The molecule has 94 valence electrons. The number of anilines is 1. The standard InChI is InChI=1S/C10H11F2NO4/c11-4-1-2-5(13)8(9(4)12)10(17)6(14)3-7(15)16/h1-2,6,10,14,17H,3,13H2,(H,15,16). The maximum atomic E-state index is 13.3. The minimum absolute atomic E-state index is 0.263. The monoisotopic (exact) mass is 247 g/mol. The minimum Gasteiger partial charge on any atom is -0.481 e. The third kappa shape index (κ3) is 2.89. The molecule has 0 saturated carbocycles. The quantitative estimate of drug-likeness (QED) is 0.577. The van der Waals surface area contributed by atoms with Crippen LogP contribution in [0.3, 0.4) is 0 Å². The Balaban J connectivity index is 3.07. The van der Waals surface area contributed by atoms with Gasteiger partial charge >= 0.3 is 5.97 Å². The van der Waals surface area contributed by atoms with Crippen molar-refractivity contribution in [1.29, 1.82) is 0 Å². The van der Waals surface area contributed by atoms with Crippen molar-refractivity contribution in [1.82, 2.24) is 0 Å². The van der Waals surface area contributed by atoms with E-state index in [0.717, 1.165) is 12.1 Å². The number of halogens is 2. The Morgan fingerprint density at radius 1 is 1.35 bits per heavy atom. The molecule has 5 N–H and O–H groups in total. The van der Waals surface area contributed by atoms with Crippen LogP contribution in [0.15, 0.2) is 12.1 Å². The number of hydrogen-bond donors (Lipinski definition) is 4. The lowest BCUT2D eigenvalue weighted by Crippen LogP contribution is -2.23. The van der Waals surface area contributed by atoms with E-state index in [1.54, 1.807) is 0 Å². The summed E-state index contributed by atoms with van der Waals surface area (Å²) in [7, 11) is 0. The predicted octanol–water partition coefficient (Wildman–Crippen LogP) is 0.416. The summed E-state index contributed by atoms with van der Waals surface area (Å²) in [5, 5.41) is 27.2. The van der Waals surface area contributed by atoms with Gasteiger partial charge in [0.2, 0.25) is 0 Å². The first-order valence-corrected chi connectivity index (χ1v) is 4.66. The SMILES string of the molecule is Nc1ccc(F)c(F)c1C(O)C(O)CC(=O)O. The molecule has 1 rings (SSSR count). The van der Waals surface area contributed by atoms with Crippen molar-refractivity contribution in [3.63, 3.8) is 0 Å². The van der Waals surface area contributed by atoms with Crippen LogP contribution in [0, 0.1) is 11.6 Å². The summed E-state index contributed by atoms with van der Waals surface area (Å²) in [6.45, 7) is 0. The molecule has 1 aromatic rings. The Bertz CT molecular complexity index is 439. The average Bonchev–Trinajstić information content (AvgIpc) is 2.23. The molecule has 2 unspecified atom stereocenters. The van der Waals surface area contributed by atoms with Crippen LogP contribution in [0.25, 0.3) is 0 Å². The van der Waals surface area contributed by atoms with Crippen LogP contribution in [0.4, 0.5) is 14.5 Å². The molecule has 0 heterocycles. The normalized spacial score (nSPS) is 14.4. The zero-order chi connectivity index (χ0) is 13.2. The fraction of sp³-hybridized carbons (Fsp3) is 0.300. The number of aliphatic hydroxyl groups excluding tert-OH is 2. The number of aliphatic hydroxyl groups is 2. The Kier molecular flexibility index (Phi) is 3.97. The van der Waals surface area contributed by atoms with E-state index >= 15 is 0 Å². The van der Waals surface area contributed by atoms with Crippen LogP contribution in [0.5, 0.6) is 0 Å². The number of carboxylic acid groups (broad SMARTS) is 1. The lowest BCUT2D eigenvalue weighted by Gasteiger charge is -2.18. The largest absolute Gasteiger partial charge is 0.481 e. The second-order valence-electron chi connectivity index (χ2n) is 3.47. The number of carbonyl (C=O) groups is 1. The molecule has 0 bridgehead atoms. The van der Waals surface area contributed by atoms with Gasteiger partial charge in [-0.1, -0.05) is 0 Å². The van der Waals surface area contributed by atoms with E-state index in [0.29, 0.717) is 0 Å². The van der Waals surface area contributed by atoms with Gasteiger partial charge in [0.15, 0.2) is 11.6 Å². The van der Waals surface area contributed by atoms with Gasteiger partial charge in [0.05, 0.1) is 12.5 Å². The highest BCUT2D eigenvalue weighted by molar-refractivity contribution is 5.67. The molecule has 0 aliphatic rings. The van der Waals surface area contributed by atoms with E-state index in [9.17, 15) is 23.8 Å². The molecule has 1 aromatic carbocycles. The fourth-order valence-electron chi connectivity index (χ4n) is 1.36. The van der Waals surface area contributed by atoms with Gasteiger partial charge in [-0.25, -0.2) is 8.78 Å². The first-order valence-electron chi connectivity index (χ1n) is 4.66. The third-order valence-corrected chi connectivity index (χ3v) is 2.21. The third-order valence-electron chi connectivity index (χ3n) is 2.21. The summed E-state index contributed by atoms with van der Waals surface area (Å²) in [5.74, 6) is -4.02. The van der Waals surface area contributed by atoms with Gasteiger partial charge in [0.1, 0.15) is 6.10 Å². The summed E-state index contributed by atoms with van der Waals surface area (Å²) >= 11 is 0. The molecule has 17 heavy (non-hydrogen) atoms. The van der Waals surface area contributed by atoms with Crippen molar-refractivity contribution in [3.8, 4) is 0 Å². The molecular formula is C10H11F2NO4. The van der Waals surface area contributed by atoms with Crippen molar-refractivity contribution in [2.45, 2.75) is 18.6 Å². The van der Waals surface area contributed by atoms with Crippen LogP contribution < -0.4 is 5.73 Å². The maximum absolute atomic E-state index is 13.3. The fourth-order valence-corrected chi connectivity index (χ4v) is 1.36. The number of rotatable bonds is 4. The molecule has 7 heteroatoms.